The molecule has 2 aliphatic heterocycles. The first kappa shape index (κ1) is 17.4. The van der Waals surface area contributed by atoms with Crippen LogP contribution in [0.3, 0.4) is 0 Å². The van der Waals surface area contributed by atoms with Crippen molar-refractivity contribution in [2.24, 2.45) is 0 Å². The van der Waals surface area contributed by atoms with Gasteiger partial charge in [0.2, 0.25) is 0 Å². The number of carbonyl (C=O) groups excluding carboxylic acids is 1. The summed E-state index contributed by atoms with van der Waals surface area (Å²) in [7, 11) is 0. The Bertz CT molecular complexity index is 1010. The first-order valence-electron chi connectivity index (χ1n) is 9.04. The van der Waals surface area contributed by atoms with Crippen LogP contribution >= 0.6 is 11.8 Å². The average molecular weight is 391 g/mol. The number of fused-ring (bicyclic) bond motifs is 2. The average Bonchev–Trinajstić information content (AvgIpc) is 2.98. The summed E-state index contributed by atoms with van der Waals surface area (Å²) in [6.45, 7) is 0.952. The van der Waals surface area contributed by atoms with Crippen LogP contribution in [0.2, 0.25) is 0 Å². The van der Waals surface area contributed by atoms with Crippen LogP contribution in [0.4, 0.5) is 11.4 Å². The van der Waals surface area contributed by atoms with Gasteiger partial charge in [0.15, 0.2) is 0 Å². The van der Waals surface area contributed by atoms with Gasteiger partial charge in [-0.3, -0.25) is 14.7 Å². The number of rotatable bonds is 3. The molecule has 6 nitrogen and oxygen atoms in total. The summed E-state index contributed by atoms with van der Waals surface area (Å²) in [6.07, 6.45) is 5.87. The molecule has 0 saturated carbocycles. The van der Waals surface area contributed by atoms with Crippen LogP contribution in [0.15, 0.2) is 77.0 Å². The number of nitrogens with zero attached hydrogens (tertiary/aromatic N) is 3. The SMILES string of the molecule is O=C1N(c2cccnc2)c2ccc(Sc3ccccn3)cc2C12OCCCO2. The number of hydrogen-bond acceptors (Lipinski definition) is 6. The highest BCUT2D eigenvalue weighted by Gasteiger charge is 2.55. The normalized spacial score (nSPS) is 17.7. The lowest BCUT2D eigenvalue weighted by molar-refractivity contribution is -0.256. The maximum atomic E-state index is 13.4. The molecule has 1 aromatic carbocycles. The van der Waals surface area contributed by atoms with Gasteiger partial charge in [-0.1, -0.05) is 17.8 Å². The molecule has 7 heteroatoms. The predicted molar refractivity (Wildman–Crippen MR) is 104 cm³/mol. The van der Waals surface area contributed by atoms with Crippen molar-refractivity contribution in [1.82, 2.24) is 9.97 Å². The molecule has 0 bridgehead atoms. The minimum atomic E-state index is -1.40. The van der Waals surface area contributed by atoms with Gasteiger partial charge in [0.05, 0.1) is 30.8 Å². The van der Waals surface area contributed by atoms with E-state index < -0.39 is 5.79 Å². The Morgan fingerprint density at radius 2 is 1.93 bits per heavy atom. The van der Waals surface area contributed by atoms with Crippen LogP contribution in [-0.2, 0) is 20.1 Å². The molecule has 1 spiro atoms. The molecule has 0 N–H and O–H groups in total. The van der Waals surface area contributed by atoms with Gasteiger partial charge in [0, 0.05) is 22.9 Å². The van der Waals surface area contributed by atoms with Crippen molar-refractivity contribution in [1.29, 1.82) is 0 Å². The number of anilines is 2. The summed E-state index contributed by atoms with van der Waals surface area (Å²) in [6, 6.07) is 15.3. The lowest BCUT2D eigenvalue weighted by Crippen LogP contribution is -2.46. The topological polar surface area (TPSA) is 64.6 Å². The van der Waals surface area contributed by atoms with Crippen LogP contribution in [0.25, 0.3) is 0 Å². The number of carbonyl (C=O) groups is 1. The van der Waals surface area contributed by atoms with Crippen molar-refractivity contribution in [2.75, 3.05) is 18.1 Å². The third-order valence-corrected chi connectivity index (χ3v) is 5.65. The van der Waals surface area contributed by atoms with Gasteiger partial charge in [-0.15, -0.1) is 0 Å². The monoisotopic (exact) mass is 391 g/mol. The van der Waals surface area contributed by atoms with Crippen molar-refractivity contribution >= 4 is 29.0 Å². The van der Waals surface area contributed by atoms with Crippen molar-refractivity contribution < 1.29 is 14.3 Å². The Hall–Kier alpha value is -2.74. The summed E-state index contributed by atoms with van der Waals surface area (Å²) >= 11 is 1.53. The number of aromatic nitrogens is 2. The molecule has 28 heavy (non-hydrogen) atoms. The molecular weight excluding hydrogens is 374 g/mol. The zero-order chi connectivity index (χ0) is 19.0. The standard InChI is InChI=1S/C21H17N3O3S/c25-20-21(26-11-4-12-27-21)17-13-16(28-19-6-1-2-10-23-19)7-8-18(17)24(20)15-5-3-9-22-14-15/h1-3,5-10,13-14H,4,11-12H2. The maximum Gasteiger partial charge on any atom is 0.297 e. The van der Waals surface area contributed by atoms with E-state index in [-0.39, 0.29) is 5.91 Å². The summed E-state index contributed by atoms with van der Waals surface area (Å²) in [4.78, 5) is 24.6. The minimum Gasteiger partial charge on any atom is -0.338 e. The second-order valence-corrected chi connectivity index (χ2v) is 7.56. The number of amides is 1. The largest absolute Gasteiger partial charge is 0.338 e. The Kier molecular flexibility index (Phi) is 4.35. The lowest BCUT2D eigenvalue weighted by atomic mass is 10.1. The molecule has 0 unspecified atom stereocenters. The van der Waals surface area contributed by atoms with Gasteiger partial charge >= 0.3 is 0 Å². The molecule has 0 aliphatic carbocycles. The summed E-state index contributed by atoms with van der Waals surface area (Å²) in [5, 5.41) is 0.885. The van der Waals surface area contributed by atoms with Crippen LogP contribution in [0.5, 0.6) is 0 Å². The van der Waals surface area contributed by atoms with E-state index in [1.54, 1.807) is 29.6 Å². The fourth-order valence-corrected chi connectivity index (χ4v) is 4.31. The smallest absolute Gasteiger partial charge is 0.297 e. The van der Waals surface area contributed by atoms with Crippen molar-refractivity contribution in [2.45, 2.75) is 22.1 Å². The molecular formula is C21H17N3O3S. The van der Waals surface area contributed by atoms with E-state index in [0.717, 1.165) is 27.6 Å². The van der Waals surface area contributed by atoms with Crippen LogP contribution in [0.1, 0.15) is 12.0 Å². The van der Waals surface area contributed by atoms with E-state index >= 15 is 0 Å². The van der Waals surface area contributed by atoms with Gasteiger partial charge in [-0.25, -0.2) is 4.98 Å². The van der Waals surface area contributed by atoms with E-state index in [0.29, 0.717) is 18.9 Å². The molecule has 1 fully saturated rings. The van der Waals surface area contributed by atoms with Crippen molar-refractivity contribution in [3.8, 4) is 0 Å². The molecule has 2 aromatic heterocycles. The number of ether oxygens (including phenoxy) is 2. The van der Waals surface area contributed by atoms with E-state index in [1.165, 1.54) is 11.8 Å². The van der Waals surface area contributed by atoms with Gasteiger partial charge in [0.1, 0.15) is 5.03 Å². The second-order valence-electron chi connectivity index (χ2n) is 6.47. The number of benzene rings is 1. The van der Waals surface area contributed by atoms with Crippen molar-refractivity contribution in [3.63, 3.8) is 0 Å². The first-order chi connectivity index (χ1) is 13.8. The summed E-state index contributed by atoms with van der Waals surface area (Å²) in [5.74, 6) is -1.64. The van der Waals surface area contributed by atoms with E-state index in [1.807, 2.05) is 42.5 Å². The van der Waals surface area contributed by atoms with Crippen molar-refractivity contribution in [3.05, 3.63) is 72.7 Å². The highest BCUT2D eigenvalue weighted by atomic mass is 32.2. The quantitative estimate of drug-likeness (QED) is 0.675. The molecule has 3 aromatic rings. The molecule has 5 rings (SSSR count). The summed E-state index contributed by atoms with van der Waals surface area (Å²) < 4.78 is 11.9. The Morgan fingerprint density at radius 3 is 2.68 bits per heavy atom. The molecule has 0 atom stereocenters. The highest BCUT2D eigenvalue weighted by Crippen LogP contribution is 2.49. The van der Waals surface area contributed by atoms with E-state index in [4.69, 9.17) is 9.47 Å². The zero-order valence-electron chi connectivity index (χ0n) is 14.9. The molecule has 2 aliphatic rings. The maximum absolute atomic E-state index is 13.4. The van der Waals surface area contributed by atoms with Crippen LogP contribution < -0.4 is 4.90 Å². The fraction of sp³-hybridized carbons (Fsp3) is 0.190. The molecule has 140 valence electrons. The minimum absolute atomic E-state index is 0.241. The van der Waals surface area contributed by atoms with Gasteiger partial charge in [0.25, 0.3) is 11.7 Å². The highest BCUT2D eigenvalue weighted by molar-refractivity contribution is 7.99. The fourth-order valence-electron chi connectivity index (χ4n) is 3.49. The molecule has 1 amide bonds. The van der Waals surface area contributed by atoms with Gasteiger partial charge < -0.3 is 9.47 Å². The number of hydrogen-bond donors (Lipinski definition) is 0. The molecule has 4 heterocycles. The lowest BCUT2D eigenvalue weighted by Gasteiger charge is -2.32. The zero-order valence-corrected chi connectivity index (χ0v) is 15.8. The van der Waals surface area contributed by atoms with E-state index in [2.05, 4.69) is 9.97 Å². The predicted octanol–water partition coefficient (Wildman–Crippen LogP) is 3.90. The first-order valence-corrected chi connectivity index (χ1v) is 9.85. The Morgan fingerprint density at radius 1 is 1.04 bits per heavy atom. The summed E-state index contributed by atoms with van der Waals surface area (Å²) in [5.41, 5.74) is 2.17. The van der Waals surface area contributed by atoms with Gasteiger partial charge in [-0.05, 0) is 48.9 Å². The Labute approximate surface area is 166 Å². The third-order valence-electron chi connectivity index (χ3n) is 4.71. The molecule has 1 saturated heterocycles. The number of pyridine rings is 2. The second kappa shape index (κ2) is 7.01. The Balaban J connectivity index is 1.61. The van der Waals surface area contributed by atoms with Crippen LogP contribution in [0, 0.1) is 0 Å². The van der Waals surface area contributed by atoms with E-state index in [9.17, 15) is 4.79 Å². The third kappa shape index (κ3) is 2.79. The van der Waals surface area contributed by atoms with Crippen LogP contribution in [-0.4, -0.2) is 29.1 Å². The molecule has 0 radical (unpaired) electrons. The van der Waals surface area contributed by atoms with Gasteiger partial charge in [-0.2, -0.15) is 0 Å².